The van der Waals surface area contributed by atoms with Gasteiger partial charge in [0.1, 0.15) is 11.5 Å². The van der Waals surface area contributed by atoms with Gasteiger partial charge in [-0.1, -0.05) is 18.0 Å². The van der Waals surface area contributed by atoms with Gasteiger partial charge in [-0.25, -0.2) is 9.97 Å². The summed E-state index contributed by atoms with van der Waals surface area (Å²) in [6, 6.07) is 1.87. The van der Waals surface area contributed by atoms with Gasteiger partial charge in [0.25, 0.3) is 0 Å². The summed E-state index contributed by atoms with van der Waals surface area (Å²) < 4.78 is 5.20. The molecule has 2 aromatic heterocycles. The summed E-state index contributed by atoms with van der Waals surface area (Å²) >= 11 is 0. The average molecular weight is 466 g/mol. The zero-order chi connectivity index (χ0) is 23.3. The molecule has 1 saturated heterocycles. The number of ketones is 1. The molecule has 184 valence electrons. The lowest BCUT2D eigenvalue weighted by molar-refractivity contribution is -0.119. The van der Waals surface area contributed by atoms with Crippen LogP contribution in [0.3, 0.4) is 0 Å². The Morgan fingerprint density at radius 2 is 1.88 bits per heavy atom. The molecule has 0 bridgehead atoms. The minimum atomic E-state index is 0.289. The van der Waals surface area contributed by atoms with E-state index >= 15 is 0 Å². The van der Waals surface area contributed by atoms with Crippen LogP contribution in [0.1, 0.15) is 80.5 Å². The smallest absolute Gasteiger partial charge is 0.225 e. The summed E-state index contributed by atoms with van der Waals surface area (Å²) in [4.78, 5) is 27.0. The van der Waals surface area contributed by atoms with E-state index in [1.165, 1.54) is 62.6 Å². The lowest BCUT2D eigenvalue weighted by Gasteiger charge is -2.33. The minimum absolute atomic E-state index is 0.289. The second-order valence-corrected chi connectivity index (χ2v) is 10.7. The molecule has 2 fully saturated rings. The number of fused-ring (bicyclic) bond motifs is 1. The van der Waals surface area contributed by atoms with Gasteiger partial charge in [-0.2, -0.15) is 0 Å². The topological polar surface area (TPSA) is 75.4 Å². The van der Waals surface area contributed by atoms with Crippen molar-refractivity contribution in [2.45, 2.75) is 84.1 Å². The van der Waals surface area contributed by atoms with Gasteiger partial charge in [-0.05, 0) is 75.8 Å². The number of anilines is 1. The molecule has 1 aliphatic carbocycles. The maximum Gasteiger partial charge on any atom is 0.225 e. The number of hydrogen-bond acceptors (Lipinski definition) is 7. The Morgan fingerprint density at radius 3 is 2.65 bits per heavy atom. The second kappa shape index (κ2) is 11.0. The summed E-state index contributed by atoms with van der Waals surface area (Å²) in [7, 11) is 0. The summed E-state index contributed by atoms with van der Waals surface area (Å²) in [6.45, 7) is 7.31. The molecule has 0 radical (unpaired) electrons. The van der Waals surface area contributed by atoms with Crippen LogP contribution in [0.5, 0.6) is 0 Å². The van der Waals surface area contributed by atoms with Crippen molar-refractivity contribution in [2.75, 3.05) is 31.1 Å². The SMILES string of the molecule is Cc1cc(CC(=O)CC2CCC(CCN3CCc4cnc(N5CCCCC5)nc4C3)CC2)on1. The number of aromatic nitrogens is 3. The molecule has 0 unspecified atom stereocenters. The molecule has 34 heavy (non-hydrogen) atoms. The van der Waals surface area contributed by atoms with Gasteiger partial charge in [0, 0.05) is 44.9 Å². The van der Waals surface area contributed by atoms with Crippen LogP contribution in [0.2, 0.25) is 0 Å². The van der Waals surface area contributed by atoms with Crippen LogP contribution < -0.4 is 4.90 Å². The summed E-state index contributed by atoms with van der Waals surface area (Å²) in [5.74, 6) is 3.26. The lowest BCUT2D eigenvalue weighted by atomic mass is 9.78. The molecule has 0 atom stereocenters. The molecule has 3 aliphatic rings. The second-order valence-electron chi connectivity index (χ2n) is 10.7. The quantitative estimate of drug-likeness (QED) is 0.567. The maximum atomic E-state index is 12.4. The number of rotatable bonds is 8. The zero-order valence-corrected chi connectivity index (χ0v) is 20.7. The van der Waals surface area contributed by atoms with Crippen molar-refractivity contribution in [3.8, 4) is 0 Å². The van der Waals surface area contributed by atoms with Gasteiger partial charge in [0.05, 0.1) is 17.8 Å². The van der Waals surface area contributed by atoms with Gasteiger partial charge < -0.3 is 9.42 Å². The summed E-state index contributed by atoms with van der Waals surface area (Å²) in [5.41, 5.74) is 3.42. The zero-order valence-electron chi connectivity index (χ0n) is 20.7. The number of nitrogens with zero attached hydrogens (tertiary/aromatic N) is 5. The van der Waals surface area contributed by atoms with Crippen LogP contribution >= 0.6 is 0 Å². The molecule has 1 saturated carbocycles. The highest BCUT2D eigenvalue weighted by Crippen LogP contribution is 2.33. The van der Waals surface area contributed by atoms with Gasteiger partial charge in [0.15, 0.2) is 0 Å². The molecular formula is C27H39N5O2. The fraction of sp³-hybridized carbons (Fsp3) is 0.704. The van der Waals surface area contributed by atoms with E-state index in [0.717, 1.165) is 56.7 Å². The first-order valence-electron chi connectivity index (χ1n) is 13.4. The number of carbonyl (C=O) groups is 1. The Bertz CT molecular complexity index is 960. The van der Waals surface area contributed by atoms with Crippen LogP contribution in [0.25, 0.3) is 0 Å². The molecule has 7 nitrogen and oxygen atoms in total. The third kappa shape index (κ3) is 6.04. The van der Waals surface area contributed by atoms with Gasteiger partial charge in [0.2, 0.25) is 5.95 Å². The van der Waals surface area contributed by atoms with E-state index in [1.807, 2.05) is 13.0 Å². The first-order valence-corrected chi connectivity index (χ1v) is 13.4. The van der Waals surface area contributed by atoms with E-state index in [4.69, 9.17) is 9.51 Å². The van der Waals surface area contributed by atoms with Crippen molar-refractivity contribution in [3.63, 3.8) is 0 Å². The number of hydrogen-bond donors (Lipinski definition) is 0. The van der Waals surface area contributed by atoms with Gasteiger partial charge in [-0.15, -0.1) is 0 Å². The van der Waals surface area contributed by atoms with Crippen LogP contribution in [-0.2, 0) is 24.2 Å². The Kier molecular flexibility index (Phi) is 7.57. The Hall–Kier alpha value is -2.28. The van der Waals surface area contributed by atoms with Crippen LogP contribution in [0, 0.1) is 18.8 Å². The van der Waals surface area contributed by atoms with Crippen molar-refractivity contribution in [3.05, 3.63) is 35.0 Å². The molecule has 2 aromatic rings. The number of piperidine rings is 1. The Morgan fingerprint density at radius 1 is 1.09 bits per heavy atom. The first kappa shape index (κ1) is 23.5. The van der Waals surface area contributed by atoms with E-state index in [0.29, 0.717) is 24.5 Å². The van der Waals surface area contributed by atoms with Crippen LogP contribution in [-0.4, -0.2) is 52.0 Å². The van der Waals surface area contributed by atoms with Crippen molar-refractivity contribution in [1.29, 1.82) is 0 Å². The van der Waals surface area contributed by atoms with Crippen molar-refractivity contribution in [1.82, 2.24) is 20.0 Å². The molecule has 0 amide bonds. The van der Waals surface area contributed by atoms with Crippen LogP contribution in [0.4, 0.5) is 5.95 Å². The van der Waals surface area contributed by atoms with Gasteiger partial charge >= 0.3 is 0 Å². The molecule has 0 N–H and O–H groups in total. The predicted molar refractivity (Wildman–Crippen MR) is 132 cm³/mol. The maximum absolute atomic E-state index is 12.4. The van der Waals surface area contributed by atoms with E-state index in [1.54, 1.807) is 0 Å². The molecule has 0 aromatic carbocycles. The monoisotopic (exact) mass is 465 g/mol. The fourth-order valence-corrected chi connectivity index (χ4v) is 5.96. The molecular weight excluding hydrogens is 426 g/mol. The van der Waals surface area contributed by atoms with Crippen LogP contribution in [0.15, 0.2) is 16.8 Å². The highest BCUT2D eigenvalue weighted by molar-refractivity contribution is 5.80. The van der Waals surface area contributed by atoms with Crippen molar-refractivity contribution in [2.24, 2.45) is 11.8 Å². The van der Waals surface area contributed by atoms with Gasteiger partial charge in [-0.3, -0.25) is 9.69 Å². The molecule has 4 heterocycles. The summed E-state index contributed by atoms with van der Waals surface area (Å²) in [5, 5.41) is 3.88. The fourth-order valence-electron chi connectivity index (χ4n) is 5.96. The minimum Gasteiger partial charge on any atom is -0.361 e. The highest BCUT2D eigenvalue weighted by Gasteiger charge is 2.25. The third-order valence-corrected chi connectivity index (χ3v) is 8.04. The Labute approximate surface area is 203 Å². The number of aryl methyl sites for hydroxylation is 1. The molecule has 2 aliphatic heterocycles. The highest BCUT2D eigenvalue weighted by atomic mass is 16.5. The predicted octanol–water partition coefficient (Wildman–Crippen LogP) is 4.52. The number of carbonyl (C=O) groups excluding carboxylic acids is 1. The van der Waals surface area contributed by atoms with E-state index in [2.05, 4.69) is 26.1 Å². The summed E-state index contributed by atoms with van der Waals surface area (Å²) in [6.07, 6.45) is 14.2. The largest absolute Gasteiger partial charge is 0.361 e. The normalized spacial score (nSPS) is 23.6. The molecule has 7 heteroatoms. The third-order valence-electron chi connectivity index (χ3n) is 8.04. The standard InChI is InChI=1S/C27H39N5O2/c1-20-15-25(34-30-20)17-24(33)16-22-7-5-21(6-8-22)9-13-31-14-10-23-18-28-27(29-26(23)19-31)32-11-3-2-4-12-32/h15,18,21-22H,2-14,16-17,19H2,1H3. The lowest BCUT2D eigenvalue weighted by Crippen LogP contribution is -2.35. The Balaban J connectivity index is 1.04. The molecule has 5 rings (SSSR count). The van der Waals surface area contributed by atoms with E-state index in [9.17, 15) is 4.79 Å². The van der Waals surface area contributed by atoms with Crippen molar-refractivity contribution >= 4 is 11.7 Å². The number of Topliss-reactive ketones (excluding diaryl/α,β-unsaturated/α-hetero) is 1. The molecule has 0 spiro atoms. The average Bonchev–Trinajstić information content (AvgIpc) is 3.27. The van der Waals surface area contributed by atoms with Crippen molar-refractivity contribution < 1.29 is 9.32 Å². The van der Waals surface area contributed by atoms with E-state index in [-0.39, 0.29) is 5.78 Å². The first-order chi connectivity index (χ1) is 16.6. The van der Waals surface area contributed by atoms with E-state index < -0.39 is 0 Å².